The van der Waals surface area contributed by atoms with Crippen LogP contribution in [0.5, 0.6) is 0 Å². The van der Waals surface area contributed by atoms with Crippen LogP contribution in [0.15, 0.2) is 239 Å². The molecule has 0 atom stereocenters. The normalized spacial score (nSPS) is 17.0. The van der Waals surface area contributed by atoms with E-state index >= 15 is 0 Å². The molecule has 2 nitrogen and oxygen atoms in total. The minimum atomic E-state index is -0.705. The van der Waals surface area contributed by atoms with Crippen molar-refractivity contribution in [3.63, 3.8) is 0 Å². The van der Waals surface area contributed by atoms with Gasteiger partial charge in [-0.3, -0.25) is 0 Å². The van der Waals surface area contributed by atoms with Crippen molar-refractivity contribution in [2.24, 2.45) is 0 Å². The van der Waals surface area contributed by atoms with Crippen LogP contribution < -0.4 is 0 Å². The molecule has 0 saturated carbocycles. The lowest BCUT2D eigenvalue weighted by atomic mass is 9.84. The van der Waals surface area contributed by atoms with E-state index in [-0.39, 0.29) is 99.1 Å². The van der Waals surface area contributed by atoms with E-state index in [0.29, 0.717) is 33.1 Å². The Morgan fingerprint density at radius 3 is 1.12 bits per heavy atom. The number of hydrogen-bond acceptors (Lipinski definition) is 2. The molecule has 2 heterocycles. The van der Waals surface area contributed by atoms with Gasteiger partial charge in [-0.1, -0.05) is 169 Å². The molecule has 11 aromatic carbocycles. The Morgan fingerprint density at radius 1 is 0.266 bits per heavy atom. The molecule has 13 rings (SSSR count). The molecule has 13 aromatic rings. The Labute approximate surface area is 403 Å². The predicted molar refractivity (Wildman–Crippen MR) is 269 cm³/mol. The summed E-state index contributed by atoms with van der Waals surface area (Å²) in [5.74, 6) is 0.391. The highest BCUT2D eigenvalue weighted by Crippen LogP contribution is 2.47. The third-order valence-electron chi connectivity index (χ3n) is 11.3. The summed E-state index contributed by atoms with van der Waals surface area (Å²) in [5.41, 5.74) is 1.23. The summed E-state index contributed by atoms with van der Waals surface area (Å²) in [5, 5.41) is -0.0629. The minimum absolute atomic E-state index is 0.0410. The van der Waals surface area contributed by atoms with E-state index in [9.17, 15) is 8.22 Å². The van der Waals surface area contributed by atoms with Gasteiger partial charge in [0.15, 0.2) is 0 Å². The molecular formula is C62H38O2. The quantitative estimate of drug-likeness (QED) is 0.156. The van der Waals surface area contributed by atoms with Gasteiger partial charge in [0.1, 0.15) is 22.7 Å². The lowest BCUT2D eigenvalue weighted by Gasteiger charge is -2.19. The van der Waals surface area contributed by atoms with Crippen LogP contribution in [0.25, 0.3) is 132 Å². The molecule has 64 heavy (non-hydrogen) atoms. The third kappa shape index (κ3) is 6.11. The molecule has 0 spiro atoms. The molecule has 0 amide bonds. The zero-order valence-electron chi connectivity index (χ0n) is 56.9. The van der Waals surface area contributed by atoms with E-state index in [1.807, 2.05) is 0 Å². The first-order valence-electron chi connectivity index (χ1n) is 31.9. The number of rotatable bonds is 6. The second kappa shape index (κ2) is 14.6. The van der Waals surface area contributed by atoms with Crippen molar-refractivity contribution in [1.29, 1.82) is 0 Å². The first kappa shape index (κ1) is 19.7. The highest BCUT2D eigenvalue weighted by atomic mass is 16.3. The predicted octanol–water partition coefficient (Wildman–Crippen LogP) is 17.8. The molecule has 0 N–H and O–H groups in total. The first-order valence-corrected chi connectivity index (χ1v) is 19.9. The van der Waals surface area contributed by atoms with E-state index in [4.69, 9.17) is 33.5 Å². The zero-order valence-corrected chi connectivity index (χ0v) is 32.9. The molecule has 0 aliphatic heterocycles. The van der Waals surface area contributed by atoms with E-state index in [2.05, 4.69) is 0 Å². The average molecular weight is 839 g/mol. The van der Waals surface area contributed by atoms with Crippen LogP contribution in [0, 0.1) is 0 Å². The van der Waals surface area contributed by atoms with Crippen molar-refractivity contribution in [2.75, 3.05) is 0 Å². The van der Waals surface area contributed by atoms with Crippen LogP contribution in [0.2, 0.25) is 0 Å². The Balaban J connectivity index is 1.15. The lowest BCUT2D eigenvalue weighted by Crippen LogP contribution is -1.93. The van der Waals surface area contributed by atoms with Gasteiger partial charge < -0.3 is 8.83 Å². The molecule has 0 aliphatic rings. The van der Waals surface area contributed by atoms with Gasteiger partial charge in [-0.25, -0.2) is 0 Å². The van der Waals surface area contributed by atoms with Crippen molar-refractivity contribution >= 4 is 65.0 Å². The summed E-state index contributed by atoms with van der Waals surface area (Å²) in [6.07, 6.45) is 0. The summed E-state index contributed by atoms with van der Waals surface area (Å²) in [4.78, 5) is 0. The van der Waals surface area contributed by atoms with Crippen molar-refractivity contribution in [1.82, 2.24) is 0 Å². The molecule has 0 fully saturated rings. The SMILES string of the molecule is [2H]c1c([2H])c([2H])c(-c2ccc3oc(-c4ccc5c(-c6c([2H])c([2H])c7c([2H])c([2H])c([2H])c([2H])c7c6[2H])c6cc(-c7cc8cc(-c9c([2H])c([2H])c([2H])c([2H])c9[2H])ccc8o7)ccc6c(-c6c([2H])c([2H])c7c([2H])c([2H])c([2H])c([2H])c7c6[2H])c5c4)cc3c2)c([2H])c1[2H]. The minimum Gasteiger partial charge on any atom is -0.456 e. The van der Waals surface area contributed by atoms with Crippen molar-refractivity contribution in [3.05, 3.63) is 230 Å². The van der Waals surface area contributed by atoms with E-state index in [1.165, 1.54) is 0 Å². The molecule has 2 aromatic heterocycles. The van der Waals surface area contributed by atoms with Crippen molar-refractivity contribution in [3.8, 4) is 67.2 Å². The summed E-state index contributed by atoms with van der Waals surface area (Å²) in [7, 11) is 0. The molecule has 298 valence electrons. The third-order valence-corrected chi connectivity index (χ3v) is 11.3. The summed E-state index contributed by atoms with van der Waals surface area (Å²) >= 11 is 0. The van der Waals surface area contributed by atoms with E-state index in [0.717, 1.165) is 0 Å². The van der Waals surface area contributed by atoms with Crippen LogP contribution in [-0.4, -0.2) is 0 Å². The van der Waals surface area contributed by atoms with Crippen LogP contribution in [-0.2, 0) is 0 Å². The molecule has 0 unspecified atom stereocenters. The second-order valence-corrected chi connectivity index (χ2v) is 15.0. The van der Waals surface area contributed by atoms with Crippen LogP contribution in [0.3, 0.4) is 0 Å². The standard InChI is InChI=1S/C62H38O2/c1-3-11-39(12-4-1)45-25-29-57-51(33-45)37-59(63-57)47-23-27-53-55(35-47)61(49-21-19-41-15-7-9-17-43(41)31-49)54-28-24-48(36-56(54)62(53)50-22-20-42-16-8-10-18-44(42)32-50)60-38-52-34-46(26-30-58(52)64-60)40-13-5-2-6-14-40/h1-38H/i1D,2D,3D,4D,5D,6D,7D,8D,9D,10D,11D,12D,13D,14D,15D,16D,17D,18D,19D,20D,21D,22D,31D,32D. The maximum absolute atomic E-state index is 9.93. The largest absolute Gasteiger partial charge is 0.456 e. The maximum Gasteiger partial charge on any atom is 0.135 e. The Bertz CT molecular complexity index is 5000. The van der Waals surface area contributed by atoms with Gasteiger partial charge in [0.25, 0.3) is 0 Å². The van der Waals surface area contributed by atoms with Crippen LogP contribution >= 0.6 is 0 Å². The zero-order chi connectivity index (χ0) is 63.0. The van der Waals surface area contributed by atoms with Gasteiger partial charge in [-0.15, -0.1) is 0 Å². The highest BCUT2D eigenvalue weighted by Gasteiger charge is 2.21. The van der Waals surface area contributed by atoms with Gasteiger partial charge in [-0.2, -0.15) is 0 Å². The molecule has 0 aliphatic carbocycles. The van der Waals surface area contributed by atoms with E-state index in [1.54, 1.807) is 84.9 Å². The van der Waals surface area contributed by atoms with Crippen LogP contribution in [0.4, 0.5) is 0 Å². The molecule has 2 heteroatoms. The second-order valence-electron chi connectivity index (χ2n) is 15.0. The summed E-state index contributed by atoms with van der Waals surface area (Å²) in [6, 6.07) is 8.26. The fraction of sp³-hybridized carbons (Fsp3) is 0. The number of furan rings is 2. The summed E-state index contributed by atoms with van der Waals surface area (Å²) < 4.78 is 225. The number of benzene rings is 11. The van der Waals surface area contributed by atoms with Crippen molar-refractivity contribution in [2.45, 2.75) is 0 Å². The average Bonchev–Trinajstić information content (AvgIpc) is 0.793. The topological polar surface area (TPSA) is 26.3 Å². The lowest BCUT2D eigenvalue weighted by molar-refractivity contribution is 0.631. The molecule has 0 bridgehead atoms. The Morgan fingerprint density at radius 2 is 0.672 bits per heavy atom. The van der Waals surface area contributed by atoms with Crippen LogP contribution in [0.1, 0.15) is 32.9 Å². The van der Waals surface area contributed by atoms with Gasteiger partial charge in [0, 0.05) is 21.9 Å². The fourth-order valence-corrected chi connectivity index (χ4v) is 8.36. The molecule has 0 radical (unpaired) electrons. The Kier molecular flexibility index (Phi) is 4.49. The summed E-state index contributed by atoms with van der Waals surface area (Å²) in [6.45, 7) is 0. The number of fused-ring (bicyclic) bond motifs is 6. The molecule has 0 saturated heterocycles. The van der Waals surface area contributed by atoms with Gasteiger partial charge in [0.05, 0.1) is 32.9 Å². The van der Waals surface area contributed by atoms with Gasteiger partial charge in [0.2, 0.25) is 0 Å². The van der Waals surface area contributed by atoms with Crippen molar-refractivity contribution < 1.29 is 41.7 Å². The first-order chi connectivity index (χ1) is 41.7. The van der Waals surface area contributed by atoms with Gasteiger partial charge >= 0.3 is 0 Å². The highest BCUT2D eigenvalue weighted by molar-refractivity contribution is 6.23. The van der Waals surface area contributed by atoms with E-state index < -0.39 is 145 Å². The maximum atomic E-state index is 9.93. The number of hydrogen-bond donors (Lipinski definition) is 0. The van der Waals surface area contributed by atoms with Gasteiger partial charge in [-0.05, 0) is 148 Å². The monoisotopic (exact) mass is 838 g/mol. The molecular weight excluding hydrogens is 777 g/mol. The Hall–Kier alpha value is -8.46. The smallest absolute Gasteiger partial charge is 0.135 e. The fourth-order valence-electron chi connectivity index (χ4n) is 8.36.